The number of aromatic amines is 1. The van der Waals surface area contributed by atoms with Gasteiger partial charge in [0.15, 0.2) is 0 Å². The van der Waals surface area contributed by atoms with E-state index in [9.17, 15) is 14.4 Å². The lowest BCUT2D eigenvalue weighted by Gasteiger charge is -2.11. The van der Waals surface area contributed by atoms with Gasteiger partial charge in [0.05, 0.1) is 0 Å². The minimum Gasteiger partial charge on any atom is -0.329 e. The number of nitrogens with one attached hydrogen (secondary N) is 3. The van der Waals surface area contributed by atoms with Crippen molar-refractivity contribution in [1.82, 2.24) is 4.98 Å². The lowest BCUT2D eigenvalue weighted by atomic mass is 10.1. The molecule has 0 saturated carbocycles. The molecule has 6 heteroatoms. The highest BCUT2D eigenvalue weighted by atomic mass is 16.2. The predicted octanol–water partition coefficient (Wildman–Crippen LogP) is 1.89. The molecule has 1 aromatic carbocycles. The Morgan fingerprint density at radius 2 is 1.86 bits per heavy atom. The molecule has 6 nitrogen and oxygen atoms in total. The smallest absolute Gasteiger partial charge is 0.255 e. The summed E-state index contributed by atoms with van der Waals surface area (Å²) in [5.41, 5.74) is 1.94. The van der Waals surface area contributed by atoms with Crippen LogP contribution in [0.1, 0.15) is 22.8 Å². The quantitative estimate of drug-likeness (QED) is 0.804. The van der Waals surface area contributed by atoms with Gasteiger partial charge in [0, 0.05) is 36.1 Å². The Morgan fingerprint density at radius 3 is 2.52 bits per heavy atom. The molecule has 0 fully saturated rings. The normalized spacial score (nSPS) is 10.0. The predicted molar refractivity (Wildman–Crippen MR) is 80.5 cm³/mol. The van der Waals surface area contributed by atoms with Crippen molar-refractivity contribution in [2.24, 2.45) is 0 Å². The summed E-state index contributed by atoms with van der Waals surface area (Å²) in [7, 11) is 0. The van der Waals surface area contributed by atoms with E-state index in [1.807, 2.05) is 6.92 Å². The molecule has 0 saturated heterocycles. The monoisotopic (exact) mass is 285 g/mol. The molecule has 3 N–H and O–H groups in total. The molecule has 108 valence electrons. The number of H-pyrrole nitrogens is 1. The number of pyridine rings is 1. The number of aromatic nitrogens is 1. The zero-order valence-electron chi connectivity index (χ0n) is 11.7. The van der Waals surface area contributed by atoms with E-state index in [0.29, 0.717) is 11.4 Å². The Bertz CT molecular complexity index is 750. The summed E-state index contributed by atoms with van der Waals surface area (Å²) >= 11 is 0. The molecule has 0 aliphatic rings. The standard InChI is InChI=1S/C15H15N3O3/c1-9-3-4-12(17-10(2)19)8-13(9)18-15(21)11-5-6-16-14(20)7-11/h3-8H,1-2H3,(H,16,20)(H,17,19)(H,18,21). The van der Waals surface area contributed by atoms with Crippen molar-refractivity contribution >= 4 is 23.2 Å². The summed E-state index contributed by atoms with van der Waals surface area (Å²) in [5, 5.41) is 5.37. The third-order valence-electron chi connectivity index (χ3n) is 2.84. The van der Waals surface area contributed by atoms with Crippen molar-refractivity contribution in [2.45, 2.75) is 13.8 Å². The van der Waals surface area contributed by atoms with Crippen molar-refractivity contribution in [1.29, 1.82) is 0 Å². The Kier molecular flexibility index (Phi) is 4.18. The first-order chi connectivity index (χ1) is 9.95. The Morgan fingerprint density at radius 1 is 1.10 bits per heavy atom. The molecular weight excluding hydrogens is 270 g/mol. The van der Waals surface area contributed by atoms with Crippen LogP contribution in [0, 0.1) is 6.92 Å². The second-order valence-electron chi connectivity index (χ2n) is 4.61. The van der Waals surface area contributed by atoms with Crippen molar-refractivity contribution in [3.8, 4) is 0 Å². The van der Waals surface area contributed by atoms with Crippen molar-refractivity contribution in [3.63, 3.8) is 0 Å². The molecule has 1 aromatic heterocycles. The Labute approximate surface area is 121 Å². The first-order valence-corrected chi connectivity index (χ1v) is 6.34. The van der Waals surface area contributed by atoms with E-state index in [-0.39, 0.29) is 22.9 Å². The maximum absolute atomic E-state index is 12.1. The molecule has 21 heavy (non-hydrogen) atoms. The molecule has 0 bridgehead atoms. The summed E-state index contributed by atoms with van der Waals surface area (Å²) < 4.78 is 0. The Balaban J connectivity index is 2.24. The molecule has 2 aromatic rings. The minimum absolute atomic E-state index is 0.189. The average molecular weight is 285 g/mol. The van der Waals surface area contributed by atoms with Gasteiger partial charge in [0.1, 0.15) is 0 Å². The molecule has 2 rings (SSSR count). The fraction of sp³-hybridized carbons (Fsp3) is 0.133. The number of hydrogen-bond donors (Lipinski definition) is 3. The van der Waals surface area contributed by atoms with E-state index in [1.54, 1.807) is 18.2 Å². The van der Waals surface area contributed by atoms with Crippen LogP contribution >= 0.6 is 0 Å². The van der Waals surface area contributed by atoms with E-state index in [2.05, 4.69) is 15.6 Å². The molecule has 1 heterocycles. The van der Waals surface area contributed by atoms with Gasteiger partial charge in [-0.05, 0) is 30.7 Å². The van der Waals surface area contributed by atoms with Gasteiger partial charge in [-0.15, -0.1) is 0 Å². The molecule has 2 amide bonds. The van der Waals surface area contributed by atoms with E-state index < -0.39 is 0 Å². The van der Waals surface area contributed by atoms with Gasteiger partial charge >= 0.3 is 0 Å². The minimum atomic E-state index is -0.385. The molecule has 0 aliphatic carbocycles. The molecular formula is C15H15N3O3. The number of benzene rings is 1. The summed E-state index contributed by atoms with van der Waals surface area (Å²) in [6.07, 6.45) is 1.41. The molecule has 0 radical (unpaired) electrons. The molecule has 0 atom stereocenters. The van der Waals surface area contributed by atoms with Gasteiger partial charge < -0.3 is 15.6 Å². The summed E-state index contributed by atoms with van der Waals surface area (Å²) in [5.74, 6) is -0.574. The average Bonchev–Trinajstić information content (AvgIpc) is 2.42. The third-order valence-corrected chi connectivity index (χ3v) is 2.84. The fourth-order valence-electron chi connectivity index (χ4n) is 1.82. The van der Waals surface area contributed by atoms with Crippen LogP contribution in [0.5, 0.6) is 0 Å². The zero-order valence-corrected chi connectivity index (χ0v) is 11.7. The summed E-state index contributed by atoms with van der Waals surface area (Å²) in [6, 6.07) is 7.95. The fourth-order valence-corrected chi connectivity index (χ4v) is 1.82. The van der Waals surface area contributed by atoms with Crippen molar-refractivity contribution in [3.05, 3.63) is 58.0 Å². The van der Waals surface area contributed by atoms with Crippen LogP contribution in [-0.4, -0.2) is 16.8 Å². The van der Waals surface area contributed by atoms with Gasteiger partial charge in [0.25, 0.3) is 5.91 Å². The lowest BCUT2D eigenvalue weighted by molar-refractivity contribution is -0.114. The summed E-state index contributed by atoms with van der Waals surface area (Å²) in [6.45, 7) is 3.25. The van der Waals surface area contributed by atoms with Crippen LogP contribution in [0.4, 0.5) is 11.4 Å². The number of anilines is 2. The number of carbonyl (C=O) groups excluding carboxylic acids is 2. The van der Waals surface area contributed by atoms with Crippen LogP contribution < -0.4 is 16.2 Å². The number of rotatable bonds is 3. The molecule has 0 unspecified atom stereocenters. The van der Waals surface area contributed by atoms with Crippen LogP contribution in [0.25, 0.3) is 0 Å². The highest BCUT2D eigenvalue weighted by Crippen LogP contribution is 2.20. The highest BCUT2D eigenvalue weighted by Gasteiger charge is 2.09. The highest BCUT2D eigenvalue weighted by molar-refractivity contribution is 6.05. The van der Waals surface area contributed by atoms with Crippen LogP contribution in [0.15, 0.2) is 41.3 Å². The van der Waals surface area contributed by atoms with Gasteiger partial charge in [0.2, 0.25) is 11.5 Å². The van der Waals surface area contributed by atoms with E-state index >= 15 is 0 Å². The topological polar surface area (TPSA) is 91.1 Å². The molecule has 0 spiro atoms. The Hall–Kier alpha value is -2.89. The lowest BCUT2D eigenvalue weighted by Crippen LogP contribution is -2.16. The zero-order chi connectivity index (χ0) is 15.4. The second-order valence-corrected chi connectivity index (χ2v) is 4.61. The van der Waals surface area contributed by atoms with Gasteiger partial charge in [-0.3, -0.25) is 14.4 Å². The van der Waals surface area contributed by atoms with Crippen LogP contribution in [0.3, 0.4) is 0 Å². The second kappa shape index (κ2) is 6.04. The van der Waals surface area contributed by atoms with Crippen molar-refractivity contribution < 1.29 is 9.59 Å². The van der Waals surface area contributed by atoms with Gasteiger partial charge in [-0.1, -0.05) is 6.07 Å². The number of carbonyl (C=O) groups is 2. The maximum Gasteiger partial charge on any atom is 0.255 e. The third kappa shape index (κ3) is 3.79. The van der Waals surface area contributed by atoms with Gasteiger partial charge in [-0.25, -0.2) is 0 Å². The number of amides is 2. The van der Waals surface area contributed by atoms with Crippen LogP contribution in [-0.2, 0) is 4.79 Å². The maximum atomic E-state index is 12.1. The van der Waals surface area contributed by atoms with Crippen LogP contribution in [0.2, 0.25) is 0 Å². The SMILES string of the molecule is CC(=O)Nc1ccc(C)c(NC(=O)c2cc[nH]c(=O)c2)c1. The largest absolute Gasteiger partial charge is 0.329 e. The van der Waals surface area contributed by atoms with E-state index in [1.165, 1.54) is 25.3 Å². The molecule has 0 aliphatic heterocycles. The number of hydrogen-bond acceptors (Lipinski definition) is 3. The van der Waals surface area contributed by atoms with Gasteiger partial charge in [-0.2, -0.15) is 0 Å². The van der Waals surface area contributed by atoms with E-state index in [4.69, 9.17) is 0 Å². The first-order valence-electron chi connectivity index (χ1n) is 6.34. The number of aryl methyl sites for hydroxylation is 1. The summed E-state index contributed by atoms with van der Waals surface area (Å²) in [4.78, 5) is 36.8. The van der Waals surface area contributed by atoms with E-state index in [0.717, 1.165) is 5.56 Å². The first kappa shape index (κ1) is 14.5. The van der Waals surface area contributed by atoms with Crippen molar-refractivity contribution in [2.75, 3.05) is 10.6 Å².